The van der Waals surface area contributed by atoms with Crippen LogP contribution in [0.3, 0.4) is 0 Å². The molecule has 1 fully saturated rings. The number of nitrogens with one attached hydrogen (secondary N) is 1. The van der Waals surface area contributed by atoms with E-state index in [9.17, 15) is 4.79 Å². The van der Waals surface area contributed by atoms with E-state index in [1.165, 1.54) is 18.4 Å². The van der Waals surface area contributed by atoms with Gasteiger partial charge in [0.25, 0.3) is 0 Å². The van der Waals surface area contributed by atoms with Crippen molar-refractivity contribution < 1.29 is 4.79 Å². The van der Waals surface area contributed by atoms with Gasteiger partial charge < -0.3 is 10.2 Å². The van der Waals surface area contributed by atoms with Gasteiger partial charge >= 0.3 is 0 Å². The summed E-state index contributed by atoms with van der Waals surface area (Å²) in [6.45, 7) is 4.31. The van der Waals surface area contributed by atoms with Gasteiger partial charge in [-0.3, -0.25) is 4.79 Å². The summed E-state index contributed by atoms with van der Waals surface area (Å²) in [5.41, 5.74) is 2.38. The van der Waals surface area contributed by atoms with Crippen molar-refractivity contribution in [3.8, 4) is 0 Å². The van der Waals surface area contributed by atoms with Crippen molar-refractivity contribution >= 4 is 11.6 Å². The molecule has 0 spiro atoms. The average Bonchev–Trinajstić information content (AvgIpc) is 2.38. The highest BCUT2D eigenvalue weighted by Gasteiger charge is 2.18. The summed E-state index contributed by atoms with van der Waals surface area (Å²) in [6.07, 6.45) is 3.58. The smallest absolute Gasteiger partial charge is 0.240 e. The summed E-state index contributed by atoms with van der Waals surface area (Å²) in [4.78, 5) is 13.6. The molecule has 3 heteroatoms. The molecule has 1 aromatic carbocycles. The minimum absolute atomic E-state index is 0.164. The Bertz CT molecular complexity index is 372. The first-order valence-corrected chi connectivity index (χ1v) is 6.41. The minimum Gasteiger partial charge on any atom is -0.310 e. The molecule has 0 unspecified atom stereocenters. The van der Waals surface area contributed by atoms with Crippen LogP contribution in [0.1, 0.15) is 25.3 Å². The van der Waals surface area contributed by atoms with Gasteiger partial charge in [-0.25, -0.2) is 0 Å². The van der Waals surface area contributed by atoms with E-state index in [2.05, 4.69) is 36.5 Å². The van der Waals surface area contributed by atoms with Gasteiger partial charge in [0.2, 0.25) is 5.91 Å². The number of anilines is 1. The number of carbonyl (C=O) groups is 1. The van der Waals surface area contributed by atoms with Gasteiger partial charge in [-0.2, -0.15) is 0 Å². The predicted octanol–water partition coefficient (Wildman–Crippen LogP) is 1.97. The first-order chi connectivity index (χ1) is 8.31. The molecule has 0 aromatic heterocycles. The second-order valence-corrected chi connectivity index (χ2v) is 4.49. The van der Waals surface area contributed by atoms with E-state index < -0.39 is 0 Å². The number of hydrogen-bond donors (Lipinski definition) is 1. The quantitative estimate of drug-likeness (QED) is 0.860. The van der Waals surface area contributed by atoms with Crippen LogP contribution in [0.2, 0.25) is 0 Å². The maximum absolute atomic E-state index is 11.7. The lowest BCUT2D eigenvalue weighted by Crippen LogP contribution is -2.48. The summed E-state index contributed by atoms with van der Waals surface area (Å²) < 4.78 is 0. The summed E-state index contributed by atoms with van der Waals surface area (Å²) in [7, 11) is 0. The molecule has 1 heterocycles. The number of carbonyl (C=O) groups excluding carboxylic acids is 1. The Morgan fingerprint density at radius 2 is 2.06 bits per heavy atom. The standard InChI is InChI=1S/C14H20N2O/c1-2-3-4-12-5-7-13(8-6-12)16-10-9-15-11-14(16)17/h5-8,15H,2-4,9-11H2,1H3. The first-order valence-electron chi connectivity index (χ1n) is 6.41. The number of unbranched alkanes of at least 4 members (excludes halogenated alkanes) is 1. The van der Waals surface area contributed by atoms with Crippen LogP contribution < -0.4 is 10.2 Å². The lowest BCUT2D eigenvalue weighted by Gasteiger charge is -2.27. The molecule has 3 nitrogen and oxygen atoms in total. The molecule has 0 aliphatic carbocycles. The molecule has 1 N–H and O–H groups in total. The molecule has 0 atom stereocenters. The van der Waals surface area contributed by atoms with Crippen LogP contribution in [0.4, 0.5) is 5.69 Å². The van der Waals surface area contributed by atoms with E-state index in [0.717, 1.165) is 25.2 Å². The molecule has 92 valence electrons. The highest BCUT2D eigenvalue weighted by molar-refractivity contribution is 5.95. The molecule has 1 amide bonds. The Morgan fingerprint density at radius 1 is 1.29 bits per heavy atom. The van der Waals surface area contributed by atoms with Crippen LogP contribution in [0.15, 0.2) is 24.3 Å². The molecule has 1 aliphatic rings. The number of benzene rings is 1. The van der Waals surface area contributed by atoms with Crippen molar-refractivity contribution in [2.24, 2.45) is 0 Å². The Kier molecular flexibility index (Phi) is 4.15. The lowest BCUT2D eigenvalue weighted by atomic mass is 10.1. The zero-order valence-corrected chi connectivity index (χ0v) is 10.4. The molecule has 0 saturated carbocycles. The highest BCUT2D eigenvalue weighted by atomic mass is 16.2. The van der Waals surface area contributed by atoms with Crippen LogP contribution >= 0.6 is 0 Å². The van der Waals surface area contributed by atoms with Crippen molar-refractivity contribution in [3.63, 3.8) is 0 Å². The number of amides is 1. The van der Waals surface area contributed by atoms with Gasteiger partial charge in [-0.05, 0) is 30.5 Å². The van der Waals surface area contributed by atoms with Gasteiger partial charge in [-0.15, -0.1) is 0 Å². The second kappa shape index (κ2) is 5.82. The molecular weight excluding hydrogens is 212 g/mol. The third-order valence-electron chi connectivity index (χ3n) is 3.16. The summed E-state index contributed by atoms with van der Waals surface area (Å²) >= 11 is 0. The van der Waals surface area contributed by atoms with E-state index in [4.69, 9.17) is 0 Å². The maximum Gasteiger partial charge on any atom is 0.240 e. The van der Waals surface area contributed by atoms with Gasteiger partial charge in [0.15, 0.2) is 0 Å². The summed E-state index contributed by atoms with van der Waals surface area (Å²) in [6, 6.07) is 8.41. The fourth-order valence-electron chi connectivity index (χ4n) is 2.10. The molecule has 1 saturated heterocycles. The van der Waals surface area contributed by atoms with Crippen molar-refractivity contribution in [1.29, 1.82) is 0 Å². The van der Waals surface area contributed by atoms with Gasteiger partial charge in [-0.1, -0.05) is 25.5 Å². The summed E-state index contributed by atoms with van der Waals surface area (Å²) in [5.74, 6) is 0.164. The van der Waals surface area contributed by atoms with E-state index in [1.54, 1.807) is 0 Å². The number of aryl methyl sites for hydroxylation is 1. The Hall–Kier alpha value is -1.35. The van der Waals surface area contributed by atoms with Crippen molar-refractivity contribution in [2.45, 2.75) is 26.2 Å². The number of piperazine rings is 1. The van der Waals surface area contributed by atoms with Crippen molar-refractivity contribution in [3.05, 3.63) is 29.8 Å². The monoisotopic (exact) mass is 232 g/mol. The zero-order chi connectivity index (χ0) is 12.1. The van der Waals surface area contributed by atoms with E-state index in [1.807, 2.05) is 4.90 Å². The fraction of sp³-hybridized carbons (Fsp3) is 0.500. The molecule has 0 bridgehead atoms. The van der Waals surface area contributed by atoms with Crippen LogP contribution in [-0.4, -0.2) is 25.5 Å². The topological polar surface area (TPSA) is 32.3 Å². The van der Waals surface area contributed by atoms with E-state index in [0.29, 0.717) is 6.54 Å². The molecule has 2 rings (SSSR count). The Balaban J connectivity index is 2.03. The van der Waals surface area contributed by atoms with Crippen LogP contribution in [-0.2, 0) is 11.2 Å². The normalized spacial score (nSPS) is 16.3. The first kappa shape index (κ1) is 12.1. The Labute approximate surface area is 103 Å². The maximum atomic E-state index is 11.7. The average molecular weight is 232 g/mol. The van der Waals surface area contributed by atoms with Gasteiger partial charge in [0.1, 0.15) is 0 Å². The third-order valence-corrected chi connectivity index (χ3v) is 3.16. The fourth-order valence-corrected chi connectivity index (χ4v) is 2.10. The van der Waals surface area contributed by atoms with E-state index >= 15 is 0 Å². The predicted molar refractivity (Wildman–Crippen MR) is 70.3 cm³/mol. The molecule has 17 heavy (non-hydrogen) atoms. The van der Waals surface area contributed by atoms with Crippen LogP contribution in [0.5, 0.6) is 0 Å². The molecular formula is C14H20N2O. The van der Waals surface area contributed by atoms with Crippen molar-refractivity contribution in [1.82, 2.24) is 5.32 Å². The number of nitrogens with zero attached hydrogens (tertiary/aromatic N) is 1. The largest absolute Gasteiger partial charge is 0.310 e. The molecule has 0 radical (unpaired) electrons. The second-order valence-electron chi connectivity index (χ2n) is 4.49. The number of rotatable bonds is 4. The number of hydrogen-bond acceptors (Lipinski definition) is 2. The minimum atomic E-state index is 0.164. The third kappa shape index (κ3) is 3.07. The summed E-state index contributed by atoms with van der Waals surface area (Å²) in [5, 5.41) is 3.08. The molecule has 1 aliphatic heterocycles. The highest BCUT2D eigenvalue weighted by Crippen LogP contribution is 2.17. The van der Waals surface area contributed by atoms with Crippen LogP contribution in [0.25, 0.3) is 0 Å². The van der Waals surface area contributed by atoms with Crippen LogP contribution in [0, 0.1) is 0 Å². The lowest BCUT2D eigenvalue weighted by molar-refractivity contribution is -0.118. The SMILES string of the molecule is CCCCc1ccc(N2CCNCC2=O)cc1. The van der Waals surface area contributed by atoms with E-state index in [-0.39, 0.29) is 5.91 Å². The zero-order valence-electron chi connectivity index (χ0n) is 10.4. The molecule has 1 aromatic rings. The van der Waals surface area contributed by atoms with Gasteiger partial charge in [0.05, 0.1) is 6.54 Å². The van der Waals surface area contributed by atoms with Gasteiger partial charge in [0, 0.05) is 18.8 Å². The Morgan fingerprint density at radius 3 is 2.71 bits per heavy atom. The van der Waals surface area contributed by atoms with Crippen molar-refractivity contribution in [2.75, 3.05) is 24.5 Å².